The molecular formula is C23H17N7. The third-order valence-electron chi connectivity index (χ3n) is 4.48. The average molecular weight is 391 g/mol. The van der Waals surface area contributed by atoms with Crippen LogP contribution < -0.4 is 10.6 Å². The zero-order valence-corrected chi connectivity index (χ0v) is 16.0. The molecule has 0 aliphatic carbocycles. The molecule has 0 radical (unpaired) electrons. The zero-order valence-electron chi connectivity index (χ0n) is 16.0. The number of anilines is 2. The van der Waals surface area contributed by atoms with Crippen LogP contribution in [0.15, 0.2) is 66.9 Å². The van der Waals surface area contributed by atoms with Gasteiger partial charge in [-0.1, -0.05) is 36.4 Å². The molecule has 7 heteroatoms. The number of pyridine rings is 1. The van der Waals surface area contributed by atoms with E-state index in [-0.39, 0.29) is 0 Å². The number of nitriles is 1. The van der Waals surface area contributed by atoms with Crippen molar-refractivity contribution in [3.63, 3.8) is 0 Å². The highest BCUT2D eigenvalue weighted by Gasteiger charge is 2.12. The lowest BCUT2D eigenvalue weighted by atomic mass is 10.1. The Kier molecular flexibility index (Phi) is 5.45. The molecular weight excluding hydrogens is 374 g/mol. The Morgan fingerprint density at radius 3 is 2.53 bits per heavy atom. The minimum Gasteiger partial charge on any atom is -0.368 e. The normalized spacial score (nSPS) is 10.2. The first kappa shape index (κ1) is 18.9. The molecule has 0 aliphatic heterocycles. The van der Waals surface area contributed by atoms with Crippen LogP contribution >= 0.6 is 0 Å². The number of nitrogens with one attached hydrogen (secondary N) is 2. The molecule has 4 rings (SSSR count). The van der Waals surface area contributed by atoms with Crippen molar-refractivity contribution in [2.24, 2.45) is 0 Å². The first-order valence-electron chi connectivity index (χ1n) is 9.36. The molecule has 0 spiro atoms. The van der Waals surface area contributed by atoms with Crippen molar-refractivity contribution in [3.8, 4) is 17.5 Å². The van der Waals surface area contributed by atoms with E-state index < -0.39 is 0 Å². The molecule has 0 unspecified atom stereocenters. The summed E-state index contributed by atoms with van der Waals surface area (Å²) < 4.78 is 0. The average Bonchev–Trinajstić information content (AvgIpc) is 2.82. The number of hydrogen-bond donors (Lipinski definition) is 2. The Morgan fingerprint density at radius 1 is 0.933 bits per heavy atom. The van der Waals surface area contributed by atoms with Crippen LogP contribution in [0.25, 0.3) is 27.1 Å². The van der Waals surface area contributed by atoms with Gasteiger partial charge in [-0.3, -0.25) is 0 Å². The Labute approximate surface area is 173 Å². The van der Waals surface area contributed by atoms with Crippen molar-refractivity contribution >= 4 is 28.2 Å². The van der Waals surface area contributed by atoms with Gasteiger partial charge in [0.2, 0.25) is 0 Å². The summed E-state index contributed by atoms with van der Waals surface area (Å²) in [6.45, 7) is 8.64. The minimum absolute atomic E-state index is 0.518. The van der Waals surface area contributed by atoms with Crippen molar-refractivity contribution in [2.75, 3.05) is 23.7 Å². The molecule has 2 N–H and O–H groups in total. The van der Waals surface area contributed by atoms with Gasteiger partial charge >= 0.3 is 0 Å². The Morgan fingerprint density at radius 2 is 1.73 bits per heavy atom. The van der Waals surface area contributed by atoms with Crippen LogP contribution in [-0.2, 0) is 0 Å². The Bertz CT molecular complexity index is 1270. The molecule has 4 aromatic rings. The monoisotopic (exact) mass is 391 g/mol. The molecule has 2 heterocycles. The molecule has 2 aromatic heterocycles. The van der Waals surface area contributed by atoms with Crippen LogP contribution in [-0.4, -0.2) is 28.0 Å². The molecule has 0 atom stereocenters. The Balaban J connectivity index is 1.55. The molecule has 0 aliphatic rings. The third kappa shape index (κ3) is 4.01. The maximum absolute atomic E-state index is 8.84. The van der Waals surface area contributed by atoms with Gasteiger partial charge in [0, 0.05) is 30.2 Å². The predicted molar refractivity (Wildman–Crippen MR) is 117 cm³/mol. The van der Waals surface area contributed by atoms with Gasteiger partial charge in [-0.05, 0) is 24.3 Å². The van der Waals surface area contributed by atoms with Crippen LogP contribution in [0.3, 0.4) is 0 Å². The standard InChI is InChI=1S/C23H17N7/c1-25-19-8-4-2-6-17(19)23-29-20-9-5-3-7-18(20)22(30-23)27-13-12-26-21-11-10-16(14-24)15-28-21/h2-11,15H,12-13H2,(H,26,28)(H,27,29,30). The first-order valence-corrected chi connectivity index (χ1v) is 9.36. The van der Waals surface area contributed by atoms with E-state index in [0.29, 0.717) is 47.4 Å². The molecule has 30 heavy (non-hydrogen) atoms. The second kappa shape index (κ2) is 8.68. The summed E-state index contributed by atoms with van der Waals surface area (Å²) >= 11 is 0. The SMILES string of the molecule is [C-]#[N+]c1ccccc1-c1nc(NCCNc2ccc(C#N)cn2)c2ccccc2n1. The van der Waals surface area contributed by atoms with E-state index in [2.05, 4.69) is 31.5 Å². The summed E-state index contributed by atoms with van der Waals surface area (Å²) in [4.78, 5) is 17.2. The van der Waals surface area contributed by atoms with Gasteiger partial charge in [0.05, 0.1) is 17.7 Å². The number of nitrogens with zero attached hydrogens (tertiary/aromatic N) is 5. The van der Waals surface area contributed by atoms with Gasteiger partial charge in [-0.15, -0.1) is 0 Å². The van der Waals surface area contributed by atoms with E-state index in [9.17, 15) is 0 Å². The van der Waals surface area contributed by atoms with Gasteiger partial charge in [-0.25, -0.2) is 19.8 Å². The fourth-order valence-electron chi connectivity index (χ4n) is 3.03. The molecule has 0 bridgehead atoms. The summed E-state index contributed by atoms with van der Waals surface area (Å²) in [6, 6.07) is 20.7. The highest BCUT2D eigenvalue weighted by Crippen LogP contribution is 2.30. The van der Waals surface area contributed by atoms with E-state index >= 15 is 0 Å². The quantitative estimate of drug-likeness (QED) is 0.368. The van der Waals surface area contributed by atoms with E-state index in [4.69, 9.17) is 16.8 Å². The van der Waals surface area contributed by atoms with Gasteiger partial charge in [0.15, 0.2) is 11.5 Å². The molecule has 0 saturated carbocycles. The lowest BCUT2D eigenvalue weighted by molar-refractivity contribution is 1.04. The van der Waals surface area contributed by atoms with Crippen LogP contribution in [0.4, 0.5) is 17.3 Å². The van der Waals surface area contributed by atoms with E-state index in [1.165, 1.54) is 6.20 Å². The molecule has 144 valence electrons. The highest BCUT2D eigenvalue weighted by molar-refractivity contribution is 5.91. The number of rotatable bonds is 6. The van der Waals surface area contributed by atoms with E-state index in [0.717, 1.165) is 10.9 Å². The van der Waals surface area contributed by atoms with Gasteiger partial charge < -0.3 is 10.6 Å². The van der Waals surface area contributed by atoms with Crippen LogP contribution in [0, 0.1) is 17.9 Å². The molecule has 0 amide bonds. The maximum Gasteiger partial charge on any atom is 0.198 e. The first-order chi connectivity index (χ1) is 14.8. The number of fused-ring (bicyclic) bond motifs is 1. The van der Waals surface area contributed by atoms with Crippen molar-refractivity contribution < 1.29 is 0 Å². The summed E-state index contributed by atoms with van der Waals surface area (Å²) in [5, 5.41) is 16.3. The Hall–Kier alpha value is -4.49. The molecule has 0 fully saturated rings. The largest absolute Gasteiger partial charge is 0.368 e. The molecule has 2 aromatic carbocycles. The van der Waals surface area contributed by atoms with Crippen molar-refractivity contribution in [3.05, 3.63) is 83.8 Å². The lowest BCUT2D eigenvalue weighted by Crippen LogP contribution is -2.15. The number of benzene rings is 2. The smallest absolute Gasteiger partial charge is 0.198 e. The van der Waals surface area contributed by atoms with Crippen LogP contribution in [0.1, 0.15) is 5.56 Å². The second-order valence-corrected chi connectivity index (χ2v) is 6.44. The van der Waals surface area contributed by atoms with Crippen LogP contribution in [0.5, 0.6) is 0 Å². The zero-order chi connectivity index (χ0) is 20.8. The van der Waals surface area contributed by atoms with Gasteiger partial charge in [0.25, 0.3) is 0 Å². The fourth-order valence-corrected chi connectivity index (χ4v) is 3.03. The van der Waals surface area contributed by atoms with Crippen molar-refractivity contribution in [2.45, 2.75) is 0 Å². The third-order valence-corrected chi connectivity index (χ3v) is 4.48. The summed E-state index contributed by atoms with van der Waals surface area (Å²) in [5.74, 6) is 1.93. The van der Waals surface area contributed by atoms with E-state index in [1.54, 1.807) is 18.2 Å². The summed E-state index contributed by atoms with van der Waals surface area (Å²) in [7, 11) is 0. The molecule has 7 nitrogen and oxygen atoms in total. The van der Waals surface area contributed by atoms with Crippen LogP contribution in [0.2, 0.25) is 0 Å². The number of para-hydroxylation sites is 2. The van der Waals surface area contributed by atoms with Crippen molar-refractivity contribution in [1.82, 2.24) is 15.0 Å². The molecule has 0 saturated heterocycles. The summed E-state index contributed by atoms with van der Waals surface area (Å²) in [5.41, 5.74) is 2.57. The topological polar surface area (TPSA) is 90.9 Å². The highest BCUT2D eigenvalue weighted by atomic mass is 15.1. The summed E-state index contributed by atoms with van der Waals surface area (Å²) in [6.07, 6.45) is 1.54. The van der Waals surface area contributed by atoms with Gasteiger partial charge in [0.1, 0.15) is 17.7 Å². The van der Waals surface area contributed by atoms with E-state index in [1.807, 2.05) is 42.5 Å². The number of hydrogen-bond acceptors (Lipinski definition) is 6. The fraction of sp³-hybridized carbons (Fsp3) is 0.0870. The van der Waals surface area contributed by atoms with Crippen molar-refractivity contribution in [1.29, 1.82) is 5.26 Å². The number of aromatic nitrogens is 3. The van der Waals surface area contributed by atoms with Gasteiger partial charge in [-0.2, -0.15) is 5.26 Å². The maximum atomic E-state index is 8.84. The lowest BCUT2D eigenvalue weighted by Gasteiger charge is -2.12. The second-order valence-electron chi connectivity index (χ2n) is 6.44. The minimum atomic E-state index is 0.518. The predicted octanol–water partition coefficient (Wildman–Crippen LogP) is 4.64.